The summed E-state index contributed by atoms with van der Waals surface area (Å²) in [6, 6.07) is 8.15. The molecule has 0 saturated carbocycles. The highest BCUT2D eigenvalue weighted by molar-refractivity contribution is 8.00. The summed E-state index contributed by atoms with van der Waals surface area (Å²) in [5, 5.41) is 6.98. The molecule has 0 aliphatic carbocycles. The lowest BCUT2D eigenvalue weighted by molar-refractivity contribution is 0.431. The van der Waals surface area contributed by atoms with Crippen molar-refractivity contribution in [2.24, 2.45) is 0 Å². The van der Waals surface area contributed by atoms with Gasteiger partial charge in [-0.25, -0.2) is 0 Å². The second-order valence-corrected chi connectivity index (χ2v) is 4.58. The minimum atomic E-state index is 0.713. The van der Waals surface area contributed by atoms with E-state index in [9.17, 15) is 0 Å². The highest BCUT2D eigenvalue weighted by atomic mass is 32.2. The molecule has 0 amide bonds. The van der Waals surface area contributed by atoms with Crippen LogP contribution in [0.15, 0.2) is 33.7 Å². The van der Waals surface area contributed by atoms with Crippen molar-refractivity contribution in [1.82, 2.24) is 5.16 Å². The molecule has 0 aliphatic rings. The average molecular weight is 249 g/mol. The van der Waals surface area contributed by atoms with Crippen LogP contribution in [0.1, 0.15) is 11.3 Å². The number of benzene rings is 1. The normalized spacial score (nSPS) is 10.3. The molecule has 17 heavy (non-hydrogen) atoms. The molecule has 0 fully saturated rings. The van der Waals surface area contributed by atoms with Crippen LogP contribution in [-0.2, 0) is 0 Å². The predicted octanol–water partition coefficient (Wildman–Crippen LogP) is 3.45. The van der Waals surface area contributed by atoms with E-state index >= 15 is 0 Å². The van der Waals surface area contributed by atoms with Crippen LogP contribution in [0.4, 0.5) is 11.6 Å². The third kappa shape index (κ3) is 2.74. The number of nitrogens with one attached hydrogen (secondary N) is 2. The van der Waals surface area contributed by atoms with Crippen molar-refractivity contribution in [3.05, 3.63) is 35.5 Å². The number of nitrogens with zero attached hydrogens (tertiary/aromatic N) is 1. The molecule has 90 valence electrons. The first-order valence-electron chi connectivity index (χ1n) is 5.34. The summed E-state index contributed by atoms with van der Waals surface area (Å²) in [6.45, 7) is 3.91. The van der Waals surface area contributed by atoms with Crippen molar-refractivity contribution in [2.45, 2.75) is 18.7 Å². The van der Waals surface area contributed by atoms with E-state index in [1.54, 1.807) is 0 Å². The molecular weight excluding hydrogens is 234 g/mol. The molecule has 2 N–H and O–H groups in total. The van der Waals surface area contributed by atoms with Gasteiger partial charge in [0.1, 0.15) is 0 Å². The Bertz CT molecular complexity index is 493. The number of rotatable bonds is 4. The fourth-order valence-electron chi connectivity index (χ4n) is 1.31. The lowest BCUT2D eigenvalue weighted by atomic mass is 10.3. The zero-order valence-corrected chi connectivity index (χ0v) is 10.9. The Labute approximate surface area is 105 Å². The molecule has 0 radical (unpaired) electrons. The van der Waals surface area contributed by atoms with E-state index in [2.05, 4.69) is 15.2 Å². The summed E-state index contributed by atoms with van der Waals surface area (Å²) in [7, 11) is 1.90. The van der Waals surface area contributed by atoms with Gasteiger partial charge in [-0.3, -0.25) is 4.72 Å². The lowest BCUT2D eigenvalue weighted by Crippen LogP contribution is -1.89. The minimum absolute atomic E-state index is 0.713. The van der Waals surface area contributed by atoms with E-state index in [-0.39, 0.29) is 0 Å². The first kappa shape index (κ1) is 11.9. The van der Waals surface area contributed by atoms with Crippen LogP contribution in [0.25, 0.3) is 0 Å². The molecule has 0 saturated heterocycles. The van der Waals surface area contributed by atoms with Gasteiger partial charge < -0.3 is 9.84 Å². The molecule has 2 aromatic rings. The molecule has 0 unspecified atom stereocenters. The Balaban J connectivity index is 2.00. The standard InChI is InChI=1S/C12H15N3OS/c1-8-9(2)14-16-12(8)15-17-11-6-4-10(13-3)5-7-11/h4-7,13,15H,1-3H3. The Hall–Kier alpha value is -1.62. The number of hydrogen-bond donors (Lipinski definition) is 2. The van der Waals surface area contributed by atoms with Crippen molar-refractivity contribution < 1.29 is 4.52 Å². The van der Waals surface area contributed by atoms with E-state index in [0.29, 0.717) is 5.88 Å². The van der Waals surface area contributed by atoms with Gasteiger partial charge in [0.15, 0.2) is 0 Å². The molecule has 1 heterocycles. The van der Waals surface area contributed by atoms with E-state index < -0.39 is 0 Å². The SMILES string of the molecule is CNc1ccc(SNc2onc(C)c2C)cc1. The first-order chi connectivity index (χ1) is 8.20. The maximum absolute atomic E-state index is 5.17. The number of aryl methyl sites for hydroxylation is 1. The molecule has 2 rings (SSSR count). The van der Waals surface area contributed by atoms with Crippen molar-refractivity contribution in [1.29, 1.82) is 0 Å². The molecule has 0 spiro atoms. The molecule has 0 bridgehead atoms. The quantitative estimate of drug-likeness (QED) is 0.813. The van der Waals surface area contributed by atoms with Gasteiger partial charge in [-0.2, -0.15) is 0 Å². The van der Waals surface area contributed by atoms with Crippen molar-refractivity contribution in [3.8, 4) is 0 Å². The van der Waals surface area contributed by atoms with Gasteiger partial charge in [-0.1, -0.05) is 5.16 Å². The average Bonchev–Trinajstić information content (AvgIpc) is 2.68. The van der Waals surface area contributed by atoms with Gasteiger partial charge in [0.05, 0.1) is 5.69 Å². The largest absolute Gasteiger partial charge is 0.388 e. The zero-order valence-electron chi connectivity index (χ0n) is 10.1. The van der Waals surface area contributed by atoms with E-state index in [1.165, 1.54) is 11.9 Å². The summed E-state index contributed by atoms with van der Waals surface area (Å²) < 4.78 is 8.32. The third-order valence-electron chi connectivity index (χ3n) is 2.56. The van der Waals surface area contributed by atoms with Crippen LogP contribution in [0.5, 0.6) is 0 Å². The maximum atomic E-state index is 5.17. The lowest BCUT2D eigenvalue weighted by Gasteiger charge is -2.04. The maximum Gasteiger partial charge on any atom is 0.237 e. The van der Waals surface area contributed by atoms with E-state index in [4.69, 9.17) is 4.52 Å². The molecule has 0 atom stereocenters. The van der Waals surface area contributed by atoms with Crippen molar-refractivity contribution in [3.63, 3.8) is 0 Å². The van der Waals surface area contributed by atoms with Crippen molar-refractivity contribution >= 4 is 23.5 Å². The predicted molar refractivity (Wildman–Crippen MR) is 71.4 cm³/mol. The molecule has 0 aliphatic heterocycles. The zero-order chi connectivity index (χ0) is 12.3. The van der Waals surface area contributed by atoms with Crippen LogP contribution in [0, 0.1) is 13.8 Å². The monoisotopic (exact) mass is 249 g/mol. The van der Waals surface area contributed by atoms with Gasteiger partial charge in [0.25, 0.3) is 0 Å². The summed E-state index contributed by atoms with van der Waals surface area (Å²) in [6.07, 6.45) is 0. The minimum Gasteiger partial charge on any atom is -0.388 e. The fraction of sp³-hybridized carbons (Fsp3) is 0.250. The Morgan fingerprint density at radius 2 is 1.88 bits per heavy atom. The number of hydrogen-bond acceptors (Lipinski definition) is 5. The molecule has 1 aromatic carbocycles. The molecule has 5 heteroatoms. The molecular formula is C12H15N3OS. The van der Waals surface area contributed by atoms with Gasteiger partial charge in [-0.05, 0) is 50.1 Å². The topological polar surface area (TPSA) is 50.1 Å². The third-order valence-corrected chi connectivity index (χ3v) is 3.36. The summed E-state index contributed by atoms with van der Waals surface area (Å²) in [5.41, 5.74) is 3.06. The summed E-state index contributed by atoms with van der Waals surface area (Å²) >= 11 is 1.51. The smallest absolute Gasteiger partial charge is 0.237 e. The van der Waals surface area contributed by atoms with Crippen LogP contribution >= 0.6 is 11.9 Å². The van der Waals surface area contributed by atoms with Gasteiger partial charge in [-0.15, -0.1) is 0 Å². The molecule has 1 aromatic heterocycles. The van der Waals surface area contributed by atoms with Crippen LogP contribution in [0.2, 0.25) is 0 Å². The fourth-order valence-corrected chi connectivity index (χ4v) is 1.98. The number of anilines is 2. The van der Waals surface area contributed by atoms with E-state index in [1.807, 2.05) is 45.2 Å². The van der Waals surface area contributed by atoms with E-state index in [0.717, 1.165) is 21.8 Å². The van der Waals surface area contributed by atoms with Gasteiger partial charge in [0.2, 0.25) is 5.88 Å². The first-order valence-corrected chi connectivity index (χ1v) is 6.16. The molecule has 4 nitrogen and oxygen atoms in total. The Morgan fingerprint density at radius 1 is 1.18 bits per heavy atom. The van der Waals surface area contributed by atoms with Crippen LogP contribution < -0.4 is 10.0 Å². The van der Waals surface area contributed by atoms with Gasteiger partial charge in [0, 0.05) is 23.2 Å². The summed E-state index contributed by atoms with van der Waals surface area (Å²) in [4.78, 5) is 1.12. The highest BCUT2D eigenvalue weighted by Crippen LogP contribution is 2.25. The summed E-state index contributed by atoms with van der Waals surface area (Å²) in [5.74, 6) is 0.713. The van der Waals surface area contributed by atoms with Gasteiger partial charge >= 0.3 is 0 Å². The second kappa shape index (κ2) is 5.14. The number of aromatic nitrogens is 1. The highest BCUT2D eigenvalue weighted by Gasteiger charge is 2.07. The van der Waals surface area contributed by atoms with Crippen LogP contribution in [-0.4, -0.2) is 12.2 Å². The van der Waals surface area contributed by atoms with Crippen LogP contribution in [0.3, 0.4) is 0 Å². The second-order valence-electron chi connectivity index (χ2n) is 3.70. The van der Waals surface area contributed by atoms with Crippen molar-refractivity contribution in [2.75, 3.05) is 17.1 Å². The Kier molecular flexibility index (Phi) is 3.58. The Morgan fingerprint density at radius 3 is 2.41 bits per heavy atom.